The Morgan fingerprint density at radius 1 is 0.981 bits per heavy atom. The number of alkyl carbamates (subject to hydrolysis) is 1. The summed E-state index contributed by atoms with van der Waals surface area (Å²) in [5.74, 6) is -3.78. The maximum absolute atomic E-state index is 14.2. The monoisotopic (exact) mass is 747 g/mol. The molecule has 6 atom stereocenters. The molecule has 1 heterocycles. The average molecular weight is 748 g/mol. The number of amides is 5. The van der Waals surface area contributed by atoms with E-state index in [0.717, 1.165) is 0 Å². The second-order valence-corrected chi connectivity index (χ2v) is 16.0. The van der Waals surface area contributed by atoms with E-state index in [1.165, 1.54) is 11.8 Å². The molecule has 0 saturated carbocycles. The molecular weight excluding hydrogens is 682 g/mol. The number of nitrogens with zero attached hydrogens (tertiary/aromatic N) is 1. The van der Waals surface area contributed by atoms with E-state index in [0.29, 0.717) is 18.4 Å². The van der Waals surface area contributed by atoms with Gasteiger partial charge in [0.2, 0.25) is 23.5 Å². The summed E-state index contributed by atoms with van der Waals surface area (Å²) >= 11 is 0. The van der Waals surface area contributed by atoms with Crippen LogP contribution >= 0.6 is 0 Å². The molecule has 0 aromatic heterocycles. The van der Waals surface area contributed by atoms with Gasteiger partial charge in [-0.25, -0.2) is 4.79 Å². The van der Waals surface area contributed by atoms with Crippen molar-refractivity contribution >= 4 is 35.5 Å². The summed E-state index contributed by atoms with van der Waals surface area (Å²) in [4.78, 5) is 81.5. The number of carbonyl (C=O) groups is 6. The third-order valence-corrected chi connectivity index (χ3v) is 8.22. The van der Waals surface area contributed by atoms with E-state index >= 15 is 0 Å². The highest BCUT2D eigenvalue weighted by Gasteiger charge is 2.47. The van der Waals surface area contributed by atoms with Gasteiger partial charge in [0.1, 0.15) is 12.1 Å². The van der Waals surface area contributed by atoms with Crippen LogP contribution in [-0.4, -0.2) is 107 Å². The SMILES string of the molecule is C=C(/C=C\C=C/C)[C@H](NC(=O)CNC(=O)C(=O)C(CCCC)NC(=O)[C@@H]1C[C@@H](OC(C)(C)C)CN1C(=O)[C@@H](NC(=O)OCC(C)C)C(C)(C)C)[C@H](C)O. The van der Waals surface area contributed by atoms with Crippen LogP contribution in [0.15, 0.2) is 36.5 Å². The lowest BCUT2D eigenvalue weighted by atomic mass is 9.85. The molecule has 0 spiro atoms. The normalized spacial score (nSPS) is 18.7. The van der Waals surface area contributed by atoms with Crippen molar-refractivity contribution < 1.29 is 43.3 Å². The number of ether oxygens (including phenoxy) is 2. The van der Waals surface area contributed by atoms with Crippen molar-refractivity contribution in [3.8, 4) is 0 Å². The van der Waals surface area contributed by atoms with Crippen LogP contribution in [0, 0.1) is 11.3 Å². The Bertz CT molecular complexity index is 1340. The first kappa shape index (κ1) is 47.0. The number of hydrogen-bond acceptors (Lipinski definition) is 9. The molecular formula is C39H65N5O9. The van der Waals surface area contributed by atoms with Crippen LogP contribution < -0.4 is 21.3 Å². The van der Waals surface area contributed by atoms with E-state index in [1.54, 1.807) is 45.1 Å². The number of rotatable bonds is 19. The molecule has 0 bridgehead atoms. The lowest BCUT2D eigenvalue weighted by Crippen LogP contribution is -2.59. The lowest BCUT2D eigenvalue weighted by molar-refractivity contribution is -0.144. The summed E-state index contributed by atoms with van der Waals surface area (Å²) in [6.07, 6.45) is 6.05. The number of carbonyl (C=O) groups excluding carboxylic acids is 6. The van der Waals surface area contributed by atoms with Gasteiger partial charge in [-0.3, -0.25) is 24.0 Å². The molecule has 0 radical (unpaired) electrons. The van der Waals surface area contributed by atoms with Crippen molar-refractivity contribution in [3.05, 3.63) is 36.5 Å². The minimum absolute atomic E-state index is 0.0532. The molecule has 0 aromatic carbocycles. The van der Waals surface area contributed by atoms with Crippen molar-refractivity contribution in [2.45, 2.75) is 144 Å². The molecule has 14 nitrogen and oxygen atoms in total. The van der Waals surface area contributed by atoms with E-state index in [9.17, 15) is 33.9 Å². The summed E-state index contributed by atoms with van der Waals surface area (Å²) in [5.41, 5.74) is -0.933. The van der Waals surface area contributed by atoms with Crippen molar-refractivity contribution in [1.82, 2.24) is 26.2 Å². The molecule has 5 N–H and O–H groups in total. The number of allylic oxidation sites excluding steroid dienone is 3. The molecule has 1 aliphatic heterocycles. The minimum atomic E-state index is -1.24. The molecule has 1 rings (SSSR count). The standard InChI is InChI=1S/C39H65N5O9/c1-13-15-17-18-25(5)31(26(6)45)42-30(46)21-40-35(49)32(47)28(19-16-14-2)41-34(48)29-20-27(53-39(10,11)12)22-44(29)36(50)33(38(7,8)9)43-37(51)52-23-24(3)4/h13,15,17-18,24,26-29,31,33,45H,5,14,16,19-23H2,1-4,6-12H3,(H,40,49)(H,41,48)(H,42,46)(H,43,51)/b15-13-,18-17-/t26-,27+,28?,29-,31-,33+/m0/s1. The second kappa shape index (κ2) is 21.6. The maximum Gasteiger partial charge on any atom is 0.407 e. The van der Waals surface area contributed by atoms with Crippen molar-refractivity contribution in [3.63, 3.8) is 0 Å². The molecule has 1 saturated heterocycles. The Hall–Kier alpha value is -4.04. The highest BCUT2D eigenvalue weighted by molar-refractivity contribution is 6.38. The predicted molar refractivity (Wildman–Crippen MR) is 203 cm³/mol. The molecule has 14 heteroatoms. The van der Waals surface area contributed by atoms with Gasteiger partial charge in [0.25, 0.3) is 5.91 Å². The van der Waals surface area contributed by atoms with Gasteiger partial charge >= 0.3 is 6.09 Å². The van der Waals surface area contributed by atoms with E-state index in [1.807, 2.05) is 48.5 Å². The summed E-state index contributed by atoms with van der Waals surface area (Å²) in [6.45, 7) is 23.5. The molecule has 5 amide bonds. The van der Waals surface area contributed by atoms with Gasteiger partial charge in [-0.15, -0.1) is 0 Å². The number of ketones is 1. The molecule has 0 aliphatic carbocycles. The second-order valence-electron chi connectivity index (χ2n) is 16.0. The topological polar surface area (TPSA) is 192 Å². The fourth-order valence-electron chi connectivity index (χ4n) is 5.58. The lowest BCUT2D eigenvalue weighted by Gasteiger charge is -2.35. The molecule has 1 unspecified atom stereocenters. The maximum atomic E-state index is 14.2. The Labute approximate surface area is 315 Å². The zero-order chi connectivity index (χ0) is 40.7. The fourth-order valence-corrected chi connectivity index (χ4v) is 5.58. The molecule has 1 fully saturated rings. The van der Waals surface area contributed by atoms with Gasteiger partial charge in [0, 0.05) is 13.0 Å². The van der Waals surface area contributed by atoms with Gasteiger partial charge in [-0.05, 0) is 57.9 Å². The largest absolute Gasteiger partial charge is 0.449 e. The quantitative estimate of drug-likeness (QED) is 0.0973. The summed E-state index contributed by atoms with van der Waals surface area (Å²) < 4.78 is 11.5. The molecule has 300 valence electrons. The van der Waals surface area contributed by atoms with Crippen LogP contribution in [0.25, 0.3) is 0 Å². The number of likely N-dealkylation sites (tertiary alicyclic amines) is 1. The van der Waals surface area contributed by atoms with Crippen LogP contribution in [0.1, 0.15) is 102 Å². The molecule has 1 aliphatic rings. The van der Waals surface area contributed by atoms with Crippen LogP contribution in [0.4, 0.5) is 4.79 Å². The first-order chi connectivity index (χ1) is 24.5. The number of aliphatic hydroxyl groups is 1. The van der Waals surface area contributed by atoms with E-state index in [2.05, 4.69) is 27.8 Å². The smallest absolute Gasteiger partial charge is 0.407 e. The van der Waals surface area contributed by atoms with E-state index < -0.39 is 89.4 Å². The average Bonchev–Trinajstić information content (AvgIpc) is 3.46. The highest BCUT2D eigenvalue weighted by atomic mass is 16.5. The Balaban J connectivity index is 3.23. The first-order valence-electron chi connectivity index (χ1n) is 18.5. The van der Waals surface area contributed by atoms with Crippen molar-refractivity contribution in [2.75, 3.05) is 19.7 Å². The number of aliphatic hydroxyl groups excluding tert-OH is 1. The zero-order valence-corrected chi connectivity index (χ0v) is 33.7. The highest BCUT2D eigenvalue weighted by Crippen LogP contribution is 2.29. The zero-order valence-electron chi connectivity index (χ0n) is 33.7. The van der Waals surface area contributed by atoms with E-state index in [4.69, 9.17) is 9.47 Å². The summed E-state index contributed by atoms with van der Waals surface area (Å²) in [5, 5.41) is 20.5. The third kappa shape index (κ3) is 16.7. The third-order valence-electron chi connectivity index (χ3n) is 8.22. The van der Waals surface area contributed by atoms with Crippen molar-refractivity contribution in [1.29, 1.82) is 0 Å². The Morgan fingerprint density at radius 2 is 1.62 bits per heavy atom. The van der Waals surface area contributed by atoms with Gasteiger partial charge in [0.15, 0.2) is 0 Å². The van der Waals surface area contributed by atoms with Crippen LogP contribution in [0.2, 0.25) is 0 Å². The van der Waals surface area contributed by atoms with Crippen LogP contribution in [0.5, 0.6) is 0 Å². The Morgan fingerprint density at radius 3 is 2.15 bits per heavy atom. The fraction of sp³-hybridized carbons (Fsp3) is 0.692. The van der Waals surface area contributed by atoms with Gasteiger partial charge in [-0.1, -0.05) is 85.3 Å². The number of hydrogen-bond donors (Lipinski definition) is 5. The van der Waals surface area contributed by atoms with Crippen LogP contribution in [-0.2, 0) is 33.4 Å². The van der Waals surface area contributed by atoms with Gasteiger partial charge in [-0.2, -0.15) is 0 Å². The number of Topliss-reactive ketones (excluding diaryl/α,β-unsaturated/α-hetero) is 1. The minimum Gasteiger partial charge on any atom is -0.449 e. The summed E-state index contributed by atoms with van der Waals surface area (Å²) in [7, 11) is 0. The predicted octanol–water partition coefficient (Wildman–Crippen LogP) is 3.48. The number of unbranched alkanes of at least 4 members (excludes halogenated alkanes) is 1. The van der Waals surface area contributed by atoms with Gasteiger partial charge in [0.05, 0.1) is 43.0 Å². The number of nitrogens with one attached hydrogen (secondary N) is 4. The Kier molecular flexibility index (Phi) is 19.2. The van der Waals surface area contributed by atoms with Crippen LogP contribution in [0.3, 0.4) is 0 Å². The van der Waals surface area contributed by atoms with E-state index in [-0.39, 0.29) is 31.9 Å². The molecule has 0 aromatic rings. The molecule has 53 heavy (non-hydrogen) atoms. The first-order valence-corrected chi connectivity index (χ1v) is 18.5. The summed E-state index contributed by atoms with van der Waals surface area (Å²) in [6, 6.07) is -4.22. The van der Waals surface area contributed by atoms with Gasteiger partial charge < -0.3 is 40.7 Å². The van der Waals surface area contributed by atoms with Crippen molar-refractivity contribution in [2.24, 2.45) is 11.3 Å².